The highest BCUT2D eigenvalue weighted by molar-refractivity contribution is 5.86. The van der Waals surface area contributed by atoms with Crippen molar-refractivity contribution in [3.63, 3.8) is 0 Å². The lowest BCUT2D eigenvalue weighted by Gasteiger charge is -2.15. The van der Waals surface area contributed by atoms with Gasteiger partial charge in [-0.1, -0.05) is 6.58 Å². The minimum Gasteiger partial charge on any atom is -0.450 e. The van der Waals surface area contributed by atoms with Gasteiger partial charge < -0.3 is 15.0 Å². The van der Waals surface area contributed by atoms with Crippen molar-refractivity contribution in [3.05, 3.63) is 12.7 Å². The summed E-state index contributed by atoms with van der Waals surface area (Å²) in [7, 11) is 1.55. The predicted molar refractivity (Wildman–Crippen MR) is 48.0 cm³/mol. The highest BCUT2D eigenvalue weighted by Crippen LogP contribution is 1.83. The van der Waals surface area contributed by atoms with Gasteiger partial charge in [0, 0.05) is 7.05 Å². The molecule has 0 aliphatic rings. The summed E-state index contributed by atoms with van der Waals surface area (Å²) in [6.07, 6.45) is 0.638. The van der Waals surface area contributed by atoms with Crippen molar-refractivity contribution in [2.45, 2.75) is 6.92 Å². The van der Waals surface area contributed by atoms with Crippen LogP contribution in [0.4, 0.5) is 4.79 Å². The molecule has 0 heterocycles. The smallest absolute Gasteiger partial charge is 0.408 e. The second-order valence-electron chi connectivity index (χ2n) is 2.30. The fourth-order valence-corrected chi connectivity index (χ4v) is 0.599. The molecule has 0 aromatic carbocycles. The Morgan fingerprint density at radius 3 is 2.69 bits per heavy atom. The summed E-state index contributed by atoms with van der Waals surface area (Å²) in [5.74, 6) is -0.253. The molecule has 13 heavy (non-hydrogen) atoms. The summed E-state index contributed by atoms with van der Waals surface area (Å²) < 4.78 is 4.59. The highest BCUT2D eigenvalue weighted by atomic mass is 16.5. The Morgan fingerprint density at radius 2 is 2.23 bits per heavy atom. The summed E-state index contributed by atoms with van der Waals surface area (Å²) in [6.45, 7) is 5.44. The number of alkyl carbamates (subject to hydrolysis) is 1. The number of nitrogens with one attached hydrogen (secondary N) is 1. The number of hydrogen-bond acceptors (Lipinski definition) is 3. The number of likely N-dealkylation sites (N-methyl/N-ethyl adjacent to an activating group) is 1. The summed E-state index contributed by atoms with van der Waals surface area (Å²) in [4.78, 5) is 23.0. The first-order chi connectivity index (χ1) is 6.11. The van der Waals surface area contributed by atoms with Crippen LogP contribution in [0.25, 0.3) is 0 Å². The van der Waals surface area contributed by atoms with Crippen molar-refractivity contribution in [1.29, 1.82) is 0 Å². The lowest BCUT2D eigenvalue weighted by atomic mass is 10.5. The van der Waals surface area contributed by atoms with E-state index in [9.17, 15) is 9.59 Å². The molecule has 0 spiro atoms. The highest BCUT2D eigenvalue weighted by Gasteiger charge is 2.05. The first-order valence-electron chi connectivity index (χ1n) is 3.90. The van der Waals surface area contributed by atoms with Crippen LogP contribution in [0, 0.1) is 0 Å². The Kier molecular flexibility index (Phi) is 5.34. The Balaban J connectivity index is 3.69. The van der Waals surface area contributed by atoms with Gasteiger partial charge in [-0.25, -0.2) is 4.79 Å². The Hall–Kier alpha value is -1.52. The van der Waals surface area contributed by atoms with Crippen molar-refractivity contribution in [2.24, 2.45) is 0 Å². The van der Waals surface area contributed by atoms with Crippen LogP contribution in [-0.2, 0) is 9.53 Å². The van der Waals surface area contributed by atoms with E-state index < -0.39 is 6.09 Å². The van der Waals surface area contributed by atoms with Gasteiger partial charge in [-0.2, -0.15) is 0 Å². The average Bonchev–Trinajstić information content (AvgIpc) is 2.13. The van der Waals surface area contributed by atoms with Crippen molar-refractivity contribution in [3.8, 4) is 0 Å². The topological polar surface area (TPSA) is 58.6 Å². The summed E-state index contributed by atoms with van der Waals surface area (Å²) >= 11 is 0. The third-order valence-electron chi connectivity index (χ3n) is 1.29. The quantitative estimate of drug-likeness (QED) is 0.508. The second-order valence-corrected chi connectivity index (χ2v) is 2.30. The normalized spacial score (nSPS) is 8.77. The monoisotopic (exact) mass is 186 g/mol. The lowest BCUT2D eigenvalue weighted by Crippen LogP contribution is -2.38. The number of carbonyl (C=O) groups is 2. The van der Waals surface area contributed by atoms with Crippen LogP contribution in [0.3, 0.4) is 0 Å². The standard InChI is InChI=1S/C8H14N2O3/c1-4-7(11)10(3)6-9-8(12)13-5-2/h4H,1,5-6H2,2-3H3,(H,9,12). The molecule has 0 aliphatic carbocycles. The van der Waals surface area contributed by atoms with E-state index in [0.717, 1.165) is 0 Å². The molecule has 0 saturated heterocycles. The van der Waals surface area contributed by atoms with Gasteiger partial charge >= 0.3 is 6.09 Å². The molecule has 2 amide bonds. The van der Waals surface area contributed by atoms with Crippen molar-refractivity contribution in [1.82, 2.24) is 10.2 Å². The first kappa shape index (κ1) is 11.5. The number of amides is 2. The maximum absolute atomic E-state index is 10.9. The van der Waals surface area contributed by atoms with Gasteiger partial charge in [0.2, 0.25) is 5.91 Å². The van der Waals surface area contributed by atoms with Gasteiger partial charge in [-0.3, -0.25) is 4.79 Å². The van der Waals surface area contributed by atoms with Crippen molar-refractivity contribution < 1.29 is 14.3 Å². The maximum atomic E-state index is 10.9. The lowest BCUT2D eigenvalue weighted by molar-refractivity contribution is -0.124. The predicted octanol–water partition coefficient (Wildman–Crippen LogP) is 0.334. The van der Waals surface area contributed by atoms with Gasteiger partial charge in [0.15, 0.2) is 0 Å². The van der Waals surface area contributed by atoms with Crippen LogP contribution in [0.5, 0.6) is 0 Å². The summed E-state index contributed by atoms with van der Waals surface area (Å²) in [5, 5.41) is 2.39. The van der Waals surface area contributed by atoms with Gasteiger partial charge in [0.1, 0.15) is 0 Å². The van der Waals surface area contributed by atoms with Crippen LogP contribution in [0.15, 0.2) is 12.7 Å². The molecule has 0 saturated carbocycles. The van der Waals surface area contributed by atoms with Crippen LogP contribution in [-0.4, -0.2) is 37.2 Å². The molecule has 0 aromatic rings. The van der Waals surface area contributed by atoms with E-state index in [0.29, 0.717) is 6.61 Å². The van der Waals surface area contributed by atoms with E-state index in [1.165, 1.54) is 11.0 Å². The first-order valence-corrected chi connectivity index (χ1v) is 3.90. The van der Waals surface area contributed by atoms with E-state index in [1.54, 1.807) is 14.0 Å². The van der Waals surface area contributed by atoms with Crippen molar-refractivity contribution >= 4 is 12.0 Å². The third-order valence-corrected chi connectivity index (χ3v) is 1.29. The minimum absolute atomic E-state index is 0.115. The van der Waals surface area contributed by atoms with Crippen LogP contribution < -0.4 is 5.32 Å². The van der Waals surface area contributed by atoms with Gasteiger partial charge in [-0.05, 0) is 13.0 Å². The third kappa shape index (κ3) is 4.84. The molecule has 5 nitrogen and oxygen atoms in total. The summed E-state index contributed by atoms with van der Waals surface area (Å²) in [5.41, 5.74) is 0. The molecule has 1 N–H and O–H groups in total. The Morgan fingerprint density at radius 1 is 1.62 bits per heavy atom. The molecule has 74 valence electrons. The number of ether oxygens (including phenoxy) is 1. The van der Waals surface area contributed by atoms with E-state index >= 15 is 0 Å². The van der Waals surface area contributed by atoms with Gasteiger partial charge in [0.25, 0.3) is 0 Å². The zero-order valence-corrected chi connectivity index (χ0v) is 7.87. The van der Waals surface area contributed by atoms with Gasteiger partial charge in [-0.15, -0.1) is 0 Å². The zero-order valence-electron chi connectivity index (χ0n) is 7.87. The number of nitrogens with zero attached hydrogens (tertiary/aromatic N) is 1. The Labute approximate surface area is 77.4 Å². The molecule has 0 bridgehead atoms. The molecule has 0 aromatic heterocycles. The molecule has 0 radical (unpaired) electrons. The molecule has 0 rings (SSSR count). The largest absolute Gasteiger partial charge is 0.450 e. The fraction of sp³-hybridized carbons (Fsp3) is 0.500. The number of carbonyl (C=O) groups excluding carboxylic acids is 2. The van der Waals surface area contributed by atoms with Crippen LogP contribution >= 0.6 is 0 Å². The molecule has 5 heteroatoms. The minimum atomic E-state index is -0.536. The molecule has 0 aliphatic heterocycles. The molecule has 0 atom stereocenters. The number of rotatable bonds is 4. The molecule has 0 unspecified atom stereocenters. The fourth-order valence-electron chi connectivity index (χ4n) is 0.599. The summed E-state index contributed by atoms with van der Waals surface area (Å²) in [6, 6.07) is 0. The van der Waals surface area contributed by atoms with Crippen LogP contribution in [0.1, 0.15) is 6.92 Å². The van der Waals surface area contributed by atoms with E-state index in [2.05, 4.69) is 16.6 Å². The average molecular weight is 186 g/mol. The zero-order chi connectivity index (χ0) is 10.3. The Bertz CT molecular complexity index is 204. The van der Waals surface area contributed by atoms with E-state index in [4.69, 9.17) is 0 Å². The van der Waals surface area contributed by atoms with E-state index in [-0.39, 0.29) is 12.6 Å². The molecule has 0 fully saturated rings. The van der Waals surface area contributed by atoms with Crippen LogP contribution in [0.2, 0.25) is 0 Å². The van der Waals surface area contributed by atoms with Crippen molar-refractivity contribution in [2.75, 3.05) is 20.3 Å². The number of hydrogen-bond donors (Lipinski definition) is 1. The SMILES string of the molecule is C=CC(=O)N(C)CNC(=O)OCC. The van der Waals surface area contributed by atoms with Gasteiger partial charge in [0.05, 0.1) is 13.3 Å². The maximum Gasteiger partial charge on any atom is 0.408 e. The molecular weight excluding hydrogens is 172 g/mol. The van der Waals surface area contributed by atoms with E-state index in [1.807, 2.05) is 0 Å². The second kappa shape index (κ2) is 6.05. The molecular formula is C8H14N2O3.